The van der Waals surface area contributed by atoms with Gasteiger partial charge in [0.25, 0.3) is 0 Å². The predicted molar refractivity (Wildman–Crippen MR) is 122 cm³/mol. The summed E-state index contributed by atoms with van der Waals surface area (Å²) in [6, 6.07) is 0.542. The van der Waals surface area contributed by atoms with E-state index in [9.17, 15) is 0 Å². The smallest absolute Gasteiger partial charge is 0.191 e. The van der Waals surface area contributed by atoms with Crippen molar-refractivity contribution in [1.29, 1.82) is 0 Å². The molecule has 2 saturated heterocycles. The number of ether oxygens (including phenoxy) is 1. The molecule has 26 heavy (non-hydrogen) atoms. The van der Waals surface area contributed by atoms with E-state index in [1.807, 2.05) is 7.05 Å². The second-order valence-corrected chi connectivity index (χ2v) is 8.77. The Morgan fingerprint density at radius 1 is 1.19 bits per heavy atom. The summed E-state index contributed by atoms with van der Waals surface area (Å²) in [4.78, 5) is 7.02. The zero-order valence-electron chi connectivity index (χ0n) is 17.5. The van der Waals surface area contributed by atoms with Crippen molar-refractivity contribution >= 4 is 29.9 Å². The number of aliphatic imine (C=N–C) groups is 1. The van der Waals surface area contributed by atoms with Gasteiger partial charge in [-0.15, -0.1) is 24.0 Å². The third-order valence-corrected chi connectivity index (χ3v) is 5.52. The van der Waals surface area contributed by atoms with Crippen molar-refractivity contribution in [3.05, 3.63) is 0 Å². The van der Waals surface area contributed by atoms with E-state index in [0.29, 0.717) is 18.1 Å². The van der Waals surface area contributed by atoms with Crippen molar-refractivity contribution in [1.82, 2.24) is 15.5 Å². The van der Waals surface area contributed by atoms with E-state index in [0.717, 1.165) is 19.1 Å². The molecule has 0 bridgehead atoms. The number of guanidine groups is 1. The highest BCUT2D eigenvalue weighted by molar-refractivity contribution is 14.0. The molecule has 0 aliphatic carbocycles. The number of nitrogens with one attached hydrogen (secondary N) is 2. The average molecular weight is 480 g/mol. The molecule has 0 radical (unpaired) electrons. The fourth-order valence-electron chi connectivity index (χ4n) is 4.24. The number of piperidine rings is 1. The van der Waals surface area contributed by atoms with Crippen LogP contribution in [0.3, 0.4) is 0 Å². The summed E-state index contributed by atoms with van der Waals surface area (Å²) >= 11 is 0. The largest absolute Gasteiger partial charge is 0.377 e. The van der Waals surface area contributed by atoms with E-state index in [4.69, 9.17) is 4.74 Å². The van der Waals surface area contributed by atoms with Crippen molar-refractivity contribution in [2.45, 2.75) is 71.9 Å². The Hall–Kier alpha value is -0.0800. The molecule has 0 spiro atoms. The van der Waals surface area contributed by atoms with Crippen LogP contribution in [0, 0.1) is 11.3 Å². The maximum Gasteiger partial charge on any atom is 0.191 e. The first-order chi connectivity index (χ1) is 11.9. The Labute approximate surface area is 178 Å². The minimum Gasteiger partial charge on any atom is -0.377 e. The summed E-state index contributed by atoms with van der Waals surface area (Å²) in [6.07, 6.45) is 6.39. The second kappa shape index (κ2) is 11.7. The van der Waals surface area contributed by atoms with Gasteiger partial charge in [0.1, 0.15) is 0 Å². The number of nitrogens with zero attached hydrogens (tertiary/aromatic N) is 2. The van der Waals surface area contributed by atoms with Gasteiger partial charge < -0.3 is 20.3 Å². The summed E-state index contributed by atoms with van der Waals surface area (Å²) in [7, 11) is 1.88. The van der Waals surface area contributed by atoms with Crippen molar-refractivity contribution in [2.75, 3.05) is 39.8 Å². The van der Waals surface area contributed by atoms with Crippen LogP contribution in [0.2, 0.25) is 0 Å². The molecule has 0 saturated carbocycles. The molecule has 2 aliphatic heterocycles. The summed E-state index contributed by atoms with van der Waals surface area (Å²) in [5, 5.41) is 7.20. The van der Waals surface area contributed by atoms with Crippen LogP contribution >= 0.6 is 24.0 Å². The predicted octanol–water partition coefficient (Wildman–Crippen LogP) is 3.49. The SMILES string of the molecule is CCCN1CCC(NC(=NC)NCC2CCCOC2C(C)(C)C)CC1.I. The van der Waals surface area contributed by atoms with Crippen molar-refractivity contribution in [3.8, 4) is 0 Å². The topological polar surface area (TPSA) is 48.9 Å². The Morgan fingerprint density at radius 3 is 2.46 bits per heavy atom. The second-order valence-electron chi connectivity index (χ2n) is 8.77. The Bertz CT molecular complexity index is 417. The molecule has 2 N–H and O–H groups in total. The Morgan fingerprint density at radius 2 is 1.88 bits per heavy atom. The van der Waals surface area contributed by atoms with Crippen LogP contribution in [-0.2, 0) is 4.74 Å². The molecule has 154 valence electrons. The summed E-state index contributed by atoms with van der Waals surface area (Å²) in [6.45, 7) is 14.6. The number of hydrogen-bond donors (Lipinski definition) is 2. The molecule has 0 aromatic rings. The van der Waals surface area contributed by atoms with E-state index < -0.39 is 0 Å². The molecular formula is C20H41IN4O. The molecule has 0 amide bonds. The fourth-order valence-corrected chi connectivity index (χ4v) is 4.24. The molecule has 2 heterocycles. The van der Waals surface area contributed by atoms with Gasteiger partial charge in [-0.3, -0.25) is 4.99 Å². The van der Waals surface area contributed by atoms with E-state index in [2.05, 4.69) is 48.2 Å². The molecule has 2 fully saturated rings. The van der Waals surface area contributed by atoms with Crippen LogP contribution < -0.4 is 10.6 Å². The highest BCUT2D eigenvalue weighted by Crippen LogP contribution is 2.33. The maximum absolute atomic E-state index is 6.10. The third kappa shape index (κ3) is 7.50. The van der Waals surface area contributed by atoms with Gasteiger partial charge in [-0.25, -0.2) is 0 Å². The number of rotatable bonds is 5. The lowest BCUT2D eigenvalue weighted by atomic mass is 9.78. The average Bonchev–Trinajstić information content (AvgIpc) is 2.60. The molecule has 0 aromatic carbocycles. The summed E-state index contributed by atoms with van der Waals surface area (Å²) in [5.74, 6) is 1.51. The number of halogens is 1. The monoisotopic (exact) mass is 480 g/mol. The molecule has 2 aliphatic rings. The van der Waals surface area contributed by atoms with E-state index >= 15 is 0 Å². The lowest BCUT2D eigenvalue weighted by Gasteiger charge is -2.40. The molecule has 5 nitrogen and oxygen atoms in total. The van der Waals surface area contributed by atoms with Gasteiger partial charge >= 0.3 is 0 Å². The maximum atomic E-state index is 6.10. The van der Waals surface area contributed by atoms with Gasteiger partial charge in [-0.2, -0.15) is 0 Å². The minimum absolute atomic E-state index is 0. The standard InChI is InChI=1S/C20H40N4O.HI/c1-6-11-24-12-9-17(10-13-24)23-19(21-5)22-15-16-8-7-14-25-18(16)20(2,3)4;/h16-18H,6-15H2,1-5H3,(H2,21,22,23);1H. The van der Waals surface area contributed by atoms with Crippen molar-refractivity contribution in [2.24, 2.45) is 16.3 Å². The first kappa shape index (κ1) is 24.0. The van der Waals surface area contributed by atoms with Crippen LogP contribution in [0.15, 0.2) is 4.99 Å². The van der Waals surface area contributed by atoms with Crippen molar-refractivity contribution in [3.63, 3.8) is 0 Å². The van der Waals surface area contributed by atoms with E-state index in [1.54, 1.807) is 0 Å². The van der Waals surface area contributed by atoms with E-state index in [-0.39, 0.29) is 29.4 Å². The van der Waals surface area contributed by atoms with E-state index in [1.165, 1.54) is 51.7 Å². The van der Waals surface area contributed by atoms with Crippen LogP contribution in [-0.4, -0.2) is 62.8 Å². The fraction of sp³-hybridized carbons (Fsp3) is 0.950. The first-order valence-corrected chi connectivity index (χ1v) is 10.2. The quantitative estimate of drug-likeness (QED) is 0.360. The summed E-state index contributed by atoms with van der Waals surface area (Å²) in [5.41, 5.74) is 0.190. The van der Waals surface area contributed by atoms with Gasteiger partial charge in [0, 0.05) is 45.2 Å². The lowest BCUT2D eigenvalue weighted by molar-refractivity contribution is -0.0835. The van der Waals surface area contributed by atoms with Crippen LogP contribution in [0.5, 0.6) is 0 Å². The normalized spacial score (nSPS) is 26.3. The van der Waals surface area contributed by atoms with Gasteiger partial charge in [-0.05, 0) is 44.1 Å². The number of hydrogen-bond acceptors (Lipinski definition) is 3. The molecule has 2 unspecified atom stereocenters. The molecule has 2 atom stereocenters. The van der Waals surface area contributed by atoms with Gasteiger partial charge in [0.15, 0.2) is 5.96 Å². The lowest BCUT2D eigenvalue weighted by Crippen LogP contribution is -2.51. The zero-order valence-corrected chi connectivity index (χ0v) is 19.8. The molecule has 2 rings (SSSR count). The Kier molecular flexibility index (Phi) is 10.8. The van der Waals surface area contributed by atoms with Crippen LogP contribution in [0.4, 0.5) is 0 Å². The summed E-state index contributed by atoms with van der Waals surface area (Å²) < 4.78 is 6.10. The molecule has 0 aromatic heterocycles. The third-order valence-electron chi connectivity index (χ3n) is 5.52. The van der Waals surface area contributed by atoms with Gasteiger partial charge in [-0.1, -0.05) is 27.7 Å². The molecular weight excluding hydrogens is 439 g/mol. The first-order valence-electron chi connectivity index (χ1n) is 10.2. The Balaban J connectivity index is 0.00000338. The highest BCUT2D eigenvalue weighted by Gasteiger charge is 2.35. The zero-order chi connectivity index (χ0) is 18.3. The van der Waals surface area contributed by atoms with Gasteiger partial charge in [0.05, 0.1) is 6.10 Å². The van der Waals surface area contributed by atoms with Gasteiger partial charge in [0.2, 0.25) is 0 Å². The highest BCUT2D eigenvalue weighted by atomic mass is 127. The van der Waals surface area contributed by atoms with Crippen molar-refractivity contribution < 1.29 is 4.74 Å². The van der Waals surface area contributed by atoms with Crippen LogP contribution in [0.25, 0.3) is 0 Å². The number of likely N-dealkylation sites (tertiary alicyclic amines) is 1. The molecule has 6 heteroatoms. The van der Waals surface area contributed by atoms with Crippen LogP contribution in [0.1, 0.15) is 59.8 Å². The minimum atomic E-state index is 0.